The topological polar surface area (TPSA) is 63.6 Å². The number of hydrogen-bond acceptors (Lipinski definition) is 4. The first-order chi connectivity index (χ1) is 6.85. The molecule has 0 radical (unpaired) electrons. The maximum Gasteiger partial charge on any atom is 0.237 e. The third-order valence-electron chi connectivity index (χ3n) is 1.72. The van der Waals surface area contributed by atoms with Gasteiger partial charge >= 0.3 is 0 Å². The lowest BCUT2D eigenvalue weighted by Gasteiger charge is -2.07. The standard InChI is InChI=1S/C8H8ClFO4S/c1-14-7-3-2-6(11)5(8(7)10)4-15(9,12)13/h2-3,11H,4H2,1H3. The molecule has 0 amide bonds. The second kappa shape index (κ2) is 4.24. The zero-order valence-electron chi connectivity index (χ0n) is 7.70. The van der Waals surface area contributed by atoms with Crippen LogP contribution >= 0.6 is 10.7 Å². The van der Waals surface area contributed by atoms with Crippen LogP contribution in [0.2, 0.25) is 0 Å². The highest BCUT2D eigenvalue weighted by Crippen LogP contribution is 2.30. The van der Waals surface area contributed by atoms with E-state index in [4.69, 9.17) is 10.7 Å². The third kappa shape index (κ3) is 2.97. The Balaban J connectivity index is 3.27. The van der Waals surface area contributed by atoms with Gasteiger partial charge in [-0.3, -0.25) is 0 Å². The van der Waals surface area contributed by atoms with Crippen LogP contribution in [0.5, 0.6) is 11.5 Å². The fourth-order valence-electron chi connectivity index (χ4n) is 1.06. The van der Waals surface area contributed by atoms with E-state index < -0.39 is 31.9 Å². The van der Waals surface area contributed by atoms with E-state index in [2.05, 4.69) is 4.74 Å². The molecule has 0 unspecified atom stereocenters. The van der Waals surface area contributed by atoms with Gasteiger partial charge in [0.2, 0.25) is 9.05 Å². The number of ether oxygens (including phenoxy) is 1. The van der Waals surface area contributed by atoms with Crippen LogP contribution in [0, 0.1) is 5.82 Å². The van der Waals surface area contributed by atoms with Crippen molar-refractivity contribution in [2.24, 2.45) is 0 Å². The highest BCUT2D eigenvalue weighted by Gasteiger charge is 2.19. The number of halogens is 2. The van der Waals surface area contributed by atoms with Crippen LogP contribution in [-0.2, 0) is 14.8 Å². The largest absolute Gasteiger partial charge is 0.508 e. The Kier molecular flexibility index (Phi) is 3.41. The summed E-state index contributed by atoms with van der Waals surface area (Å²) in [7, 11) is 2.26. The van der Waals surface area contributed by atoms with Crippen LogP contribution in [0.4, 0.5) is 4.39 Å². The molecule has 1 aromatic rings. The first-order valence-corrected chi connectivity index (χ1v) is 6.29. The smallest absolute Gasteiger partial charge is 0.237 e. The fraction of sp³-hybridized carbons (Fsp3) is 0.250. The van der Waals surface area contributed by atoms with Crippen molar-refractivity contribution < 1.29 is 22.7 Å². The number of phenolic OH excluding ortho intramolecular Hbond substituents is 1. The van der Waals surface area contributed by atoms with Gasteiger partial charge in [0.25, 0.3) is 0 Å². The number of aromatic hydroxyl groups is 1. The molecule has 0 spiro atoms. The lowest BCUT2D eigenvalue weighted by Crippen LogP contribution is -2.01. The molecule has 0 aromatic heterocycles. The van der Waals surface area contributed by atoms with Gasteiger partial charge in [-0.15, -0.1) is 0 Å². The van der Waals surface area contributed by atoms with Crippen LogP contribution in [0.1, 0.15) is 5.56 Å². The van der Waals surface area contributed by atoms with Crippen molar-refractivity contribution in [3.8, 4) is 11.5 Å². The molecule has 0 heterocycles. The highest BCUT2D eigenvalue weighted by molar-refractivity contribution is 8.13. The van der Waals surface area contributed by atoms with Crippen molar-refractivity contribution in [3.05, 3.63) is 23.5 Å². The fourth-order valence-corrected chi connectivity index (χ4v) is 2.00. The molecule has 1 rings (SSSR count). The Morgan fingerprint density at radius 2 is 2.13 bits per heavy atom. The monoisotopic (exact) mass is 254 g/mol. The maximum absolute atomic E-state index is 13.5. The Morgan fingerprint density at radius 1 is 1.53 bits per heavy atom. The van der Waals surface area contributed by atoms with E-state index in [-0.39, 0.29) is 5.75 Å². The number of rotatable bonds is 3. The molecule has 0 saturated carbocycles. The zero-order valence-corrected chi connectivity index (χ0v) is 9.27. The van der Waals surface area contributed by atoms with Gasteiger partial charge in [0.15, 0.2) is 11.6 Å². The lowest BCUT2D eigenvalue weighted by molar-refractivity contribution is 0.379. The molecule has 15 heavy (non-hydrogen) atoms. The molecule has 0 aliphatic carbocycles. The Morgan fingerprint density at radius 3 is 2.60 bits per heavy atom. The van der Waals surface area contributed by atoms with Crippen molar-refractivity contribution >= 4 is 19.7 Å². The molecular weight excluding hydrogens is 247 g/mol. The van der Waals surface area contributed by atoms with Crippen LogP contribution in [0.15, 0.2) is 12.1 Å². The number of benzene rings is 1. The maximum atomic E-state index is 13.5. The summed E-state index contributed by atoms with van der Waals surface area (Å²) in [5.41, 5.74) is -0.399. The van der Waals surface area contributed by atoms with Gasteiger partial charge in [0.1, 0.15) is 5.75 Å². The highest BCUT2D eigenvalue weighted by atomic mass is 35.7. The van der Waals surface area contributed by atoms with Gasteiger partial charge in [-0.1, -0.05) is 0 Å². The zero-order chi connectivity index (χ0) is 11.6. The van der Waals surface area contributed by atoms with Crippen LogP contribution in [0.25, 0.3) is 0 Å². The third-order valence-corrected chi connectivity index (χ3v) is 2.68. The summed E-state index contributed by atoms with van der Waals surface area (Å²) in [5.74, 6) is -2.34. The van der Waals surface area contributed by atoms with E-state index in [0.29, 0.717) is 0 Å². The molecule has 1 aromatic carbocycles. The molecule has 0 fully saturated rings. The van der Waals surface area contributed by atoms with Gasteiger partial charge in [0.05, 0.1) is 12.9 Å². The van der Waals surface area contributed by atoms with E-state index in [9.17, 15) is 17.9 Å². The molecule has 1 N–H and O–H groups in total. The first-order valence-electron chi connectivity index (χ1n) is 3.82. The summed E-state index contributed by atoms with van der Waals surface area (Å²) in [6, 6.07) is 2.33. The molecule has 4 nitrogen and oxygen atoms in total. The van der Waals surface area contributed by atoms with Crippen molar-refractivity contribution in [2.45, 2.75) is 5.75 Å². The summed E-state index contributed by atoms with van der Waals surface area (Å²) in [4.78, 5) is 0. The van der Waals surface area contributed by atoms with Crippen LogP contribution in [0.3, 0.4) is 0 Å². The minimum atomic E-state index is -3.93. The van der Waals surface area contributed by atoms with Crippen molar-refractivity contribution in [1.82, 2.24) is 0 Å². The predicted molar refractivity (Wildman–Crippen MR) is 53.1 cm³/mol. The summed E-state index contributed by atoms with van der Waals surface area (Å²) in [5, 5.41) is 9.26. The molecular formula is C8H8ClFO4S. The number of phenols is 1. The molecule has 7 heteroatoms. The molecule has 0 bridgehead atoms. The summed E-state index contributed by atoms with van der Waals surface area (Å²) >= 11 is 0. The molecule has 0 saturated heterocycles. The predicted octanol–water partition coefficient (Wildman–Crippen LogP) is 1.61. The quantitative estimate of drug-likeness (QED) is 0.833. The van der Waals surface area contributed by atoms with E-state index >= 15 is 0 Å². The van der Waals surface area contributed by atoms with Gasteiger partial charge in [0, 0.05) is 16.2 Å². The van der Waals surface area contributed by atoms with E-state index in [0.717, 1.165) is 6.07 Å². The minimum Gasteiger partial charge on any atom is -0.508 e. The summed E-state index contributed by atoms with van der Waals surface area (Å²) in [6.07, 6.45) is 0. The van der Waals surface area contributed by atoms with Gasteiger partial charge in [-0.25, -0.2) is 12.8 Å². The lowest BCUT2D eigenvalue weighted by atomic mass is 10.2. The summed E-state index contributed by atoms with van der Waals surface area (Å²) < 4.78 is 39.6. The van der Waals surface area contributed by atoms with Crippen molar-refractivity contribution in [2.75, 3.05) is 7.11 Å². The molecule has 0 atom stereocenters. The van der Waals surface area contributed by atoms with E-state index in [1.807, 2.05) is 0 Å². The first kappa shape index (κ1) is 12.1. The number of methoxy groups -OCH3 is 1. The van der Waals surface area contributed by atoms with Gasteiger partial charge in [-0.2, -0.15) is 0 Å². The van der Waals surface area contributed by atoms with Gasteiger partial charge in [-0.05, 0) is 12.1 Å². The van der Waals surface area contributed by atoms with Gasteiger partial charge < -0.3 is 9.84 Å². The average molecular weight is 255 g/mol. The van der Waals surface area contributed by atoms with Crippen molar-refractivity contribution in [3.63, 3.8) is 0 Å². The Bertz CT molecular complexity index is 472. The minimum absolute atomic E-state index is 0.150. The Labute approximate surface area is 90.7 Å². The van der Waals surface area contributed by atoms with Crippen LogP contribution < -0.4 is 4.74 Å². The molecule has 0 aliphatic rings. The van der Waals surface area contributed by atoms with E-state index in [1.165, 1.54) is 13.2 Å². The van der Waals surface area contributed by atoms with Crippen molar-refractivity contribution in [1.29, 1.82) is 0 Å². The average Bonchev–Trinajstić information content (AvgIpc) is 2.11. The Hall–Kier alpha value is -1.01. The number of hydrogen-bond donors (Lipinski definition) is 1. The second-order valence-corrected chi connectivity index (χ2v) is 5.54. The van der Waals surface area contributed by atoms with Crippen LogP contribution in [-0.4, -0.2) is 20.6 Å². The summed E-state index contributed by atoms with van der Waals surface area (Å²) in [6.45, 7) is 0. The molecule has 0 aliphatic heterocycles. The second-order valence-electron chi connectivity index (χ2n) is 2.76. The SMILES string of the molecule is COc1ccc(O)c(CS(=O)(=O)Cl)c1F. The molecule has 84 valence electrons. The van der Waals surface area contributed by atoms with E-state index in [1.54, 1.807) is 0 Å². The normalized spacial score (nSPS) is 11.4.